The number of nitrogens with zero attached hydrogens (tertiary/aromatic N) is 1. The third kappa shape index (κ3) is 34.2. The summed E-state index contributed by atoms with van der Waals surface area (Å²) in [5, 5.41) is 0. The molecule has 0 amide bonds. The average molecular weight is 710 g/mol. The quantitative estimate of drug-likeness (QED) is 0.0269. The predicted molar refractivity (Wildman–Crippen MR) is 201 cm³/mol. The molecule has 0 aromatic rings. The van der Waals surface area contributed by atoms with Gasteiger partial charge in [0.15, 0.2) is 0 Å². The molecule has 292 valence electrons. The van der Waals surface area contributed by atoms with Gasteiger partial charge in [0.05, 0.1) is 13.2 Å². The Kier molecular flexibility index (Phi) is 33.5. The Morgan fingerprint density at radius 2 is 0.860 bits per heavy atom. The molecule has 0 unspecified atom stereocenters. The second kappa shape index (κ2) is 35.1. The lowest BCUT2D eigenvalue weighted by molar-refractivity contribution is -0.150. The molecular formula is C41H75NO8. The number of hydrogen-bond acceptors (Lipinski definition) is 9. The molecule has 0 saturated carbocycles. The van der Waals surface area contributed by atoms with Crippen molar-refractivity contribution >= 4 is 29.5 Å². The van der Waals surface area contributed by atoms with Crippen molar-refractivity contribution in [2.75, 3.05) is 33.9 Å². The molecule has 0 aromatic heterocycles. The van der Waals surface area contributed by atoms with Crippen LogP contribution in [0.25, 0.3) is 0 Å². The number of rotatable bonds is 37. The Labute approximate surface area is 305 Å². The molecule has 0 aliphatic carbocycles. The zero-order valence-electron chi connectivity index (χ0n) is 32.7. The summed E-state index contributed by atoms with van der Waals surface area (Å²) in [6.45, 7) is 5.89. The molecule has 0 spiro atoms. The number of esters is 3. The van der Waals surface area contributed by atoms with Gasteiger partial charge in [0.2, 0.25) is 0 Å². The monoisotopic (exact) mass is 710 g/mol. The van der Waals surface area contributed by atoms with Gasteiger partial charge in [-0.1, -0.05) is 104 Å². The van der Waals surface area contributed by atoms with Gasteiger partial charge in [-0.15, -0.1) is 0 Å². The molecule has 9 heteroatoms. The van der Waals surface area contributed by atoms with Crippen LogP contribution in [0.1, 0.15) is 194 Å². The minimum atomic E-state index is -0.399. The second-order valence-electron chi connectivity index (χ2n) is 14.3. The van der Waals surface area contributed by atoms with Crippen LogP contribution in [0.2, 0.25) is 0 Å². The van der Waals surface area contributed by atoms with Gasteiger partial charge in [-0.2, -0.15) is 0 Å². The van der Waals surface area contributed by atoms with Gasteiger partial charge >= 0.3 is 17.9 Å². The molecule has 0 aromatic carbocycles. The van der Waals surface area contributed by atoms with Crippen molar-refractivity contribution in [1.82, 2.24) is 4.90 Å². The number of ether oxygens (including phenoxy) is 3. The van der Waals surface area contributed by atoms with Crippen LogP contribution < -0.4 is 0 Å². The third-order valence-corrected chi connectivity index (χ3v) is 8.95. The molecule has 0 heterocycles. The zero-order valence-corrected chi connectivity index (χ0v) is 32.7. The lowest BCUT2D eigenvalue weighted by atomic mass is 10.0. The lowest BCUT2D eigenvalue weighted by Gasteiger charge is -2.18. The fraction of sp³-hybridized carbons (Fsp3) is 0.878. The van der Waals surface area contributed by atoms with Crippen LogP contribution in [-0.4, -0.2) is 74.3 Å². The highest BCUT2D eigenvalue weighted by Gasteiger charge is 2.15. The highest BCUT2D eigenvalue weighted by molar-refractivity contribution is 5.95. The van der Waals surface area contributed by atoms with Crippen molar-refractivity contribution < 1.29 is 38.2 Å². The Bertz CT molecular complexity index is 819. The van der Waals surface area contributed by atoms with Crippen molar-refractivity contribution in [1.29, 1.82) is 0 Å². The number of carbonyl (C=O) groups is 5. The van der Waals surface area contributed by atoms with Gasteiger partial charge in [0, 0.05) is 19.3 Å². The molecule has 0 aliphatic rings. The molecule has 0 N–H and O–H groups in total. The van der Waals surface area contributed by atoms with E-state index in [2.05, 4.69) is 18.7 Å². The third-order valence-electron chi connectivity index (χ3n) is 8.95. The first-order valence-corrected chi connectivity index (χ1v) is 20.4. The molecule has 0 rings (SSSR count). The summed E-state index contributed by atoms with van der Waals surface area (Å²) in [6, 6.07) is 0. The topological polar surface area (TPSA) is 116 Å². The van der Waals surface area contributed by atoms with Gasteiger partial charge < -0.3 is 19.1 Å². The molecular weight excluding hydrogens is 634 g/mol. The van der Waals surface area contributed by atoms with E-state index in [4.69, 9.17) is 14.2 Å². The van der Waals surface area contributed by atoms with E-state index in [1.807, 2.05) is 14.1 Å². The molecule has 0 atom stereocenters. The largest absolute Gasteiger partial charge is 0.465 e. The van der Waals surface area contributed by atoms with E-state index in [1.54, 1.807) is 0 Å². The Morgan fingerprint density at radius 1 is 0.460 bits per heavy atom. The highest BCUT2D eigenvalue weighted by atomic mass is 16.5. The van der Waals surface area contributed by atoms with Crippen LogP contribution in [0.5, 0.6) is 0 Å². The van der Waals surface area contributed by atoms with E-state index in [-0.39, 0.29) is 36.5 Å². The van der Waals surface area contributed by atoms with Crippen LogP contribution in [-0.2, 0) is 38.2 Å². The molecule has 50 heavy (non-hydrogen) atoms. The summed E-state index contributed by atoms with van der Waals surface area (Å²) in [6.07, 6.45) is 24.2. The van der Waals surface area contributed by atoms with Crippen LogP contribution in [0.4, 0.5) is 0 Å². The maximum atomic E-state index is 12.5. The summed E-state index contributed by atoms with van der Waals surface area (Å²) in [7, 11) is 4.01. The van der Waals surface area contributed by atoms with Gasteiger partial charge in [0.1, 0.15) is 30.5 Å². The summed E-state index contributed by atoms with van der Waals surface area (Å²) >= 11 is 0. The zero-order chi connectivity index (χ0) is 37.1. The summed E-state index contributed by atoms with van der Waals surface area (Å²) in [5.74, 6) is -0.935. The fourth-order valence-electron chi connectivity index (χ4n) is 5.88. The summed E-state index contributed by atoms with van der Waals surface area (Å²) in [5.41, 5.74) is 0. The number of hydrogen-bond donors (Lipinski definition) is 0. The minimum Gasteiger partial charge on any atom is -0.465 e. The summed E-state index contributed by atoms with van der Waals surface area (Å²) < 4.78 is 16.4. The van der Waals surface area contributed by atoms with Crippen LogP contribution in [0.3, 0.4) is 0 Å². The number of ketones is 2. The Balaban J connectivity index is 4.11. The van der Waals surface area contributed by atoms with Gasteiger partial charge in [-0.05, 0) is 78.4 Å². The van der Waals surface area contributed by atoms with E-state index < -0.39 is 11.9 Å². The minimum absolute atomic E-state index is 0.0187. The first-order chi connectivity index (χ1) is 24.2. The molecule has 9 nitrogen and oxygen atoms in total. The van der Waals surface area contributed by atoms with E-state index in [0.717, 1.165) is 154 Å². The maximum Gasteiger partial charge on any atom is 0.313 e. The first kappa shape index (κ1) is 47.7. The molecule has 0 bridgehead atoms. The summed E-state index contributed by atoms with van der Waals surface area (Å²) in [4.78, 5) is 62.1. The van der Waals surface area contributed by atoms with E-state index in [1.165, 1.54) is 0 Å². The highest BCUT2D eigenvalue weighted by Crippen LogP contribution is 2.18. The average Bonchev–Trinajstić information content (AvgIpc) is 3.06. The van der Waals surface area contributed by atoms with Crippen molar-refractivity contribution in [2.24, 2.45) is 0 Å². The van der Waals surface area contributed by atoms with E-state index in [9.17, 15) is 24.0 Å². The Morgan fingerprint density at radius 3 is 1.28 bits per heavy atom. The van der Waals surface area contributed by atoms with E-state index in [0.29, 0.717) is 32.5 Å². The first-order valence-electron chi connectivity index (χ1n) is 20.4. The normalized spacial score (nSPS) is 11.2. The van der Waals surface area contributed by atoms with Crippen LogP contribution in [0.15, 0.2) is 0 Å². The fourth-order valence-corrected chi connectivity index (χ4v) is 5.88. The number of carbonyl (C=O) groups excluding carboxylic acids is 5. The lowest BCUT2D eigenvalue weighted by Crippen LogP contribution is -2.20. The van der Waals surface area contributed by atoms with Gasteiger partial charge in [-0.25, -0.2) is 0 Å². The number of Topliss-reactive ketones (excluding diaryl/α,β-unsaturated/α-hetero) is 2. The second-order valence-corrected chi connectivity index (χ2v) is 14.3. The van der Waals surface area contributed by atoms with Gasteiger partial charge in [0.25, 0.3) is 0 Å². The molecule has 0 aliphatic heterocycles. The molecule has 0 saturated heterocycles. The van der Waals surface area contributed by atoms with Crippen molar-refractivity contribution in [3.8, 4) is 0 Å². The number of unbranched alkanes of at least 4 members (excludes halogenated alkanes) is 16. The molecule has 0 radical (unpaired) electrons. The van der Waals surface area contributed by atoms with Crippen LogP contribution in [0, 0.1) is 0 Å². The standard InChI is InChI=1S/C41H75NO8/c1-5-7-9-19-26-36(43)34-40(46)48-32-23-17-13-11-15-21-28-38(50-39(45)30-25-31-42(3)4)29-22-16-12-14-18-24-33-49-41(47)35-37(44)27-20-10-8-6-2/h38H,5-35H2,1-4H3. The van der Waals surface area contributed by atoms with Crippen molar-refractivity contribution in [3.63, 3.8) is 0 Å². The molecule has 0 fully saturated rings. The predicted octanol–water partition coefficient (Wildman–Crippen LogP) is 9.65. The van der Waals surface area contributed by atoms with Crippen LogP contribution >= 0.6 is 0 Å². The van der Waals surface area contributed by atoms with Crippen molar-refractivity contribution in [2.45, 2.75) is 200 Å². The van der Waals surface area contributed by atoms with Gasteiger partial charge in [-0.3, -0.25) is 24.0 Å². The van der Waals surface area contributed by atoms with Crippen molar-refractivity contribution in [3.05, 3.63) is 0 Å². The maximum absolute atomic E-state index is 12.5. The SMILES string of the molecule is CCCCCCC(=O)CC(=O)OCCCCCCCCC(CCCCCCCCOC(=O)CC(=O)CCCCCC)OC(=O)CCCN(C)C. The Hall–Kier alpha value is -2.29. The van der Waals surface area contributed by atoms with E-state index >= 15 is 0 Å². The smallest absolute Gasteiger partial charge is 0.313 e.